The summed E-state index contributed by atoms with van der Waals surface area (Å²) in [6.45, 7) is 3.69. The van der Waals surface area contributed by atoms with Gasteiger partial charge in [0.25, 0.3) is 0 Å². The Morgan fingerprint density at radius 3 is 1.47 bits per heavy atom. The molecule has 0 saturated heterocycles. The number of alkyl halides is 1. The molecule has 0 aromatic heterocycles. The summed E-state index contributed by atoms with van der Waals surface area (Å²) in [5.74, 6) is 0.837. The Morgan fingerprint density at radius 2 is 1.06 bits per heavy atom. The molecule has 0 aromatic rings. The van der Waals surface area contributed by atoms with Crippen molar-refractivity contribution < 1.29 is 0 Å². The maximum absolute atomic E-state index is 5.64. The van der Waals surface area contributed by atoms with E-state index in [4.69, 9.17) is 11.6 Å². The lowest BCUT2D eigenvalue weighted by Gasteiger charge is -2.01. The fourth-order valence-electron chi connectivity index (χ4n) is 2.07. The van der Waals surface area contributed by atoms with E-state index in [0.29, 0.717) is 0 Å². The third-order valence-electron chi connectivity index (χ3n) is 3.17. The molecule has 0 rings (SSSR count). The zero-order valence-electron chi connectivity index (χ0n) is 11.4. The maximum atomic E-state index is 5.64. The third kappa shape index (κ3) is 16.0. The Hall–Kier alpha value is 0.0300. The molecular formula is C16H30Cl. The highest BCUT2D eigenvalue weighted by atomic mass is 35.5. The first-order chi connectivity index (χ1) is 8.41. The monoisotopic (exact) mass is 257 g/mol. The first-order valence-corrected chi connectivity index (χ1v) is 7.95. The summed E-state index contributed by atoms with van der Waals surface area (Å²) in [5.41, 5.74) is 0. The first kappa shape index (κ1) is 17.0. The molecule has 0 nitrogen and oxygen atoms in total. The van der Waals surface area contributed by atoms with Crippen molar-refractivity contribution in [1.82, 2.24) is 0 Å². The second kappa shape index (κ2) is 16.0. The van der Waals surface area contributed by atoms with E-state index in [9.17, 15) is 0 Å². The van der Waals surface area contributed by atoms with Crippen LogP contribution < -0.4 is 0 Å². The van der Waals surface area contributed by atoms with Crippen LogP contribution in [0.15, 0.2) is 12.2 Å². The summed E-state index contributed by atoms with van der Waals surface area (Å²) in [4.78, 5) is 0. The van der Waals surface area contributed by atoms with Gasteiger partial charge in [0.2, 0.25) is 0 Å². The standard InChI is InChI=1S/C16H30Cl/c1-2-3-4-5-6-7-8-9-10-11-12-13-14-15-16-17/h2-3H,1,4-16H2/b3-2+. The van der Waals surface area contributed by atoms with Crippen LogP contribution in [-0.4, -0.2) is 5.88 Å². The maximum Gasteiger partial charge on any atom is 0.0223 e. The quantitative estimate of drug-likeness (QED) is 0.268. The van der Waals surface area contributed by atoms with Gasteiger partial charge >= 0.3 is 0 Å². The summed E-state index contributed by atoms with van der Waals surface area (Å²) in [7, 11) is 0. The lowest BCUT2D eigenvalue weighted by molar-refractivity contribution is 0.551. The average Bonchev–Trinajstić information content (AvgIpc) is 2.35. The van der Waals surface area contributed by atoms with Crippen LogP contribution >= 0.6 is 11.6 Å². The molecule has 0 unspecified atom stereocenters. The highest BCUT2D eigenvalue weighted by Crippen LogP contribution is 2.12. The minimum Gasteiger partial charge on any atom is -0.127 e. The van der Waals surface area contributed by atoms with Gasteiger partial charge in [-0.05, 0) is 26.2 Å². The van der Waals surface area contributed by atoms with Crippen LogP contribution in [0.4, 0.5) is 0 Å². The molecule has 0 aromatic carbocycles. The molecule has 17 heavy (non-hydrogen) atoms. The third-order valence-corrected chi connectivity index (χ3v) is 3.44. The van der Waals surface area contributed by atoms with Crippen molar-refractivity contribution >= 4 is 11.6 Å². The summed E-state index contributed by atoms with van der Waals surface area (Å²) in [6.07, 6.45) is 20.4. The van der Waals surface area contributed by atoms with E-state index in [1.807, 2.05) is 6.08 Å². The van der Waals surface area contributed by atoms with E-state index >= 15 is 0 Å². The Balaban J connectivity index is 2.89. The number of halogens is 1. The SMILES string of the molecule is [CH2]/C=C/CCCCCCCCCCCCCCl. The summed E-state index contributed by atoms with van der Waals surface area (Å²) in [5, 5.41) is 0. The normalized spacial score (nSPS) is 11.4. The Kier molecular flexibility index (Phi) is 16.1. The van der Waals surface area contributed by atoms with Gasteiger partial charge in [-0.1, -0.05) is 69.9 Å². The zero-order valence-corrected chi connectivity index (χ0v) is 12.2. The van der Waals surface area contributed by atoms with Gasteiger partial charge in [-0.25, -0.2) is 0 Å². The molecular weight excluding hydrogens is 228 g/mol. The molecule has 0 amide bonds. The van der Waals surface area contributed by atoms with Gasteiger partial charge in [0.15, 0.2) is 0 Å². The van der Waals surface area contributed by atoms with Gasteiger partial charge in [-0.2, -0.15) is 0 Å². The lowest BCUT2D eigenvalue weighted by atomic mass is 10.1. The highest BCUT2D eigenvalue weighted by Gasteiger charge is 1.92. The predicted molar refractivity (Wildman–Crippen MR) is 80.6 cm³/mol. The van der Waals surface area contributed by atoms with Crippen molar-refractivity contribution in [2.75, 3.05) is 5.88 Å². The van der Waals surface area contributed by atoms with Crippen molar-refractivity contribution in [3.05, 3.63) is 19.1 Å². The number of hydrogen-bond donors (Lipinski definition) is 0. The Morgan fingerprint density at radius 1 is 0.647 bits per heavy atom. The van der Waals surface area contributed by atoms with Crippen LogP contribution in [0.25, 0.3) is 0 Å². The van der Waals surface area contributed by atoms with Gasteiger partial charge in [-0.15, -0.1) is 11.6 Å². The van der Waals surface area contributed by atoms with Crippen molar-refractivity contribution in [2.24, 2.45) is 0 Å². The second-order valence-electron chi connectivity index (χ2n) is 4.84. The summed E-state index contributed by atoms with van der Waals surface area (Å²) < 4.78 is 0. The molecule has 101 valence electrons. The fourth-order valence-corrected chi connectivity index (χ4v) is 2.25. The van der Waals surface area contributed by atoms with Crippen molar-refractivity contribution in [3.8, 4) is 0 Å². The van der Waals surface area contributed by atoms with Gasteiger partial charge in [0, 0.05) is 5.88 Å². The van der Waals surface area contributed by atoms with Gasteiger partial charge in [0.1, 0.15) is 0 Å². The number of rotatable bonds is 13. The molecule has 1 radical (unpaired) electrons. The molecule has 0 spiro atoms. The van der Waals surface area contributed by atoms with Crippen LogP contribution in [0.3, 0.4) is 0 Å². The van der Waals surface area contributed by atoms with Crippen LogP contribution in [0.1, 0.15) is 77.0 Å². The molecule has 0 atom stereocenters. The van der Waals surface area contributed by atoms with Crippen molar-refractivity contribution in [3.63, 3.8) is 0 Å². The van der Waals surface area contributed by atoms with E-state index in [0.717, 1.165) is 5.88 Å². The van der Waals surface area contributed by atoms with Gasteiger partial charge in [-0.3, -0.25) is 0 Å². The van der Waals surface area contributed by atoms with Crippen LogP contribution in [0, 0.1) is 6.92 Å². The average molecular weight is 258 g/mol. The molecule has 1 heteroatoms. The molecule has 0 bridgehead atoms. The molecule has 0 saturated carbocycles. The minimum atomic E-state index is 0.837. The Labute approximate surface area is 114 Å². The zero-order chi connectivity index (χ0) is 12.6. The highest BCUT2D eigenvalue weighted by molar-refractivity contribution is 6.17. The van der Waals surface area contributed by atoms with E-state index < -0.39 is 0 Å². The topological polar surface area (TPSA) is 0 Å². The van der Waals surface area contributed by atoms with E-state index in [1.54, 1.807) is 0 Å². The molecule has 0 N–H and O–H groups in total. The van der Waals surface area contributed by atoms with Gasteiger partial charge in [0.05, 0.1) is 0 Å². The number of hydrogen-bond acceptors (Lipinski definition) is 0. The van der Waals surface area contributed by atoms with Crippen LogP contribution in [-0.2, 0) is 0 Å². The van der Waals surface area contributed by atoms with E-state index in [2.05, 4.69) is 13.0 Å². The second-order valence-corrected chi connectivity index (χ2v) is 5.22. The molecule has 0 aliphatic heterocycles. The minimum absolute atomic E-state index is 0.837. The molecule has 0 aliphatic carbocycles. The number of unbranched alkanes of at least 4 members (excludes halogenated alkanes) is 11. The molecule has 0 fully saturated rings. The van der Waals surface area contributed by atoms with Gasteiger partial charge < -0.3 is 0 Å². The van der Waals surface area contributed by atoms with Crippen LogP contribution in [0.5, 0.6) is 0 Å². The molecule has 0 aliphatic rings. The Bertz CT molecular complexity index is 152. The fraction of sp³-hybridized carbons (Fsp3) is 0.812. The van der Waals surface area contributed by atoms with E-state index in [1.165, 1.54) is 77.0 Å². The van der Waals surface area contributed by atoms with E-state index in [-0.39, 0.29) is 0 Å². The molecule has 0 heterocycles. The van der Waals surface area contributed by atoms with Crippen molar-refractivity contribution in [1.29, 1.82) is 0 Å². The summed E-state index contributed by atoms with van der Waals surface area (Å²) >= 11 is 5.64. The lowest BCUT2D eigenvalue weighted by Crippen LogP contribution is -1.82. The van der Waals surface area contributed by atoms with Crippen molar-refractivity contribution in [2.45, 2.75) is 77.0 Å². The largest absolute Gasteiger partial charge is 0.127 e. The first-order valence-electron chi connectivity index (χ1n) is 7.42. The summed E-state index contributed by atoms with van der Waals surface area (Å²) in [6, 6.07) is 0. The predicted octanol–water partition coefficient (Wildman–Crippen LogP) is 6.30. The smallest absolute Gasteiger partial charge is 0.0223 e. The van der Waals surface area contributed by atoms with Crippen LogP contribution in [0.2, 0.25) is 0 Å². The number of allylic oxidation sites excluding steroid dienone is 2.